The largest absolute Gasteiger partial charge is 0.255 e. The van der Waals surface area contributed by atoms with Crippen LogP contribution >= 0.6 is 15.9 Å². The number of rotatable bonds is 1. The minimum Gasteiger partial charge on any atom is -0.255 e. The first-order valence-corrected chi connectivity index (χ1v) is 4.28. The lowest BCUT2D eigenvalue weighted by atomic mass is 10.4. The van der Waals surface area contributed by atoms with Gasteiger partial charge < -0.3 is 0 Å². The SMILES string of the molecule is Cc1cnn(C2CC2)c1Br. The molecule has 0 unspecified atom stereocenters. The van der Waals surface area contributed by atoms with E-state index in [9.17, 15) is 0 Å². The highest BCUT2D eigenvalue weighted by atomic mass is 79.9. The topological polar surface area (TPSA) is 17.8 Å². The number of hydrogen-bond acceptors (Lipinski definition) is 1. The van der Waals surface area contributed by atoms with Crippen molar-refractivity contribution in [2.45, 2.75) is 25.8 Å². The molecule has 1 fully saturated rings. The van der Waals surface area contributed by atoms with Gasteiger partial charge in [0.15, 0.2) is 0 Å². The second-order valence-electron chi connectivity index (χ2n) is 2.79. The molecule has 1 aliphatic carbocycles. The highest BCUT2D eigenvalue weighted by Gasteiger charge is 2.26. The van der Waals surface area contributed by atoms with Gasteiger partial charge in [-0.15, -0.1) is 0 Å². The molecule has 0 atom stereocenters. The van der Waals surface area contributed by atoms with Crippen molar-refractivity contribution >= 4 is 15.9 Å². The molecule has 0 N–H and O–H groups in total. The molecule has 1 aliphatic rings. The standard InChI is InChI=1S/C7H9BrN2/c1-5-4-9-10(7(5)8)6-2-3-6/h4,6H,2-3H2,1H3. The third-order valence-electron chi connectivity index (χ3n) is 1.80. The van der Waals surface area contributed by atoms with Crippen LogP contribution in [0.5, 0.6) is 0 Å². The Morgan fingerprint density at radius 3 is 2.80 bits per heavy atom. The van der Waals surface area contributed by atoms with Gasteiger partial charge in [0, 0.05) is 5.56 Å². The number of hydrogen-bond donors (Lipinski definition) is 0. The molecule has 0 bridgehead atoms. The maximum absolute atomic E-state index is 4.25. The average molecular weight is 201 g/mol. The van der Waals surface area contributed by atoms with E-state index in [-0.39, 0.29) is 0 Å². The molecule has 0 spiro atoms. The predicted molar refractivity (Wildman–Crippen MR) is 42.9 cm³/mol. The molecule has 0 saturated heterocycles. The van der Waals surface area contributed by atoms with Gasteiger partial charge in [-0.25, -0.2) is 0 Å². The van der Waals surface area contributed by atoms with Crippen LogP contribution in [0.4, 0.5) is 0 Å². The van der Waals surface area contributed by atoms with Crippen LogP contribution in [0.2, 0.25) is 0 Å². The fraction of sp³-hybridized carbons (Fsp3) is 0.571. The predicted octanol–water partition coefficient (Wildman–Crippen LogP) is 2.29. The molecule has 0 aromatic carbocycles. The second-order valence-corrected chi connectivity index (χ2v) is 3.55. The van der Waals surface area contributed by atoms with Crippen molar-refractivity contribution in [3.05, 3.63) is 16.4 Å². The maximum atomic E-state index is 4.25. The van der Waals surface area contributed by atoms with Crippen molar-refractivity contribution in [3.63, 3.8) is 0 Å². The van der Waals surface area contributed by atoms with E-state index in [1.165, 1.54) is 18.4 Å². The molecule has 1 saturated carbocycles. The molecule has 0 radical (unpaired) electrons. The van der Waals surface area contributed by atoms with Gasteiger partial charge in [-0.05, 0) is 35.7 Å². The Kier molecular flexibility index (Phi) is 1.34. The van der Waals surface area contributed by atoms with Crippen molar-refractivity contribution in [3.8, 4) is 0 Å². The van der Waals surface area contributed by atoms with Gasteiger partial charge >= 0.3 is 0 Å². The van der Waals surface area contributed by atoms with Crippen molar-refractivity contribution < 1.29 is 0 Å². The fourth-order valence-corrected chi connectivity index (χ4v) is 1.49. The lowest BCUT2D eigenvalue weighted by Gasteiger charge is -1.97. The Bertz CT molecular complexity index is 250. The van der Waals surface area contributed by atoms with Gasteiger partial charge in [0.05, 0.1) is 12.2 Å². The van der Waals surface area contributed by atoms with E-state index in [1.807, 2.05) is 6.20 Å². The van der Waals surface area contributed by atoms with E-state index in [2.05, 4.69) is 32.6 Å². The molecule has 2 rings (SSSR count). The van der Waals surface area contributed by atoms with Crippen molar-refractivity contribution in [1.29, 1.82) is 0 Å². The van der Waals surface area contributed by atoms with E-state index < -0.39 is 0 Å². The molecular formula is C7H9BrN2. The maximum Gasteiger partial charge on any atom is 0.107 e. The Balaban J connectivity index is 2.40. The zero-order chi connectivity index (χ0) is 7.14. The minimum atomic E-state index is 0.683. The summed E-state index contributed by atoms with van der Waals surface area (Å²) in [5, 5.41) is 4.25. The normalized spacial score (nSPS) is 17.8. The lowest BCUT2D eigenvalue weighted by molar-refractivity contribution is 0.627. The summed E-state index contributed by atoms with van der Waals surface area (Å²) in [6, 6.07) is 0.683. The first-order valence-electron chi connectivity index (χ1n) is 3.48. The summed E-state index contributed by atoms with van der Waals surface area (Å²) < 4.78 is 3.21. The molecule has 2 nitrogen and oxygen atoms in total. The van der Waals surface area contributed by atoms with Crippen LogP contribution < -0.4 is 0 Å². The van der Waals surface area contributed by atoms with Gasteiger partial charge in [-0.2, -0.15) is 5.10 Å². The molecule has 10 heavy (non-hydrogen) atoms. The minimum absolute atomic E-state index is 0.683. The van der Waals surface area contributed by atoms with E-state index in [4.69, 9.17) is 0 Å². The van der Waals surface area contributed by atoms with Gasteiger partial charge in [0.1, 0.15) is 4.60 Å². The van der Waals surface area contributed by atoms with Gasteiger partial charge in [-0.1, -0.05) is 0 Å². The van der Waals surface area contributed by atoms with Crippen molar-refractivity contribution in [2.75, 3.05) is 0 Å². The molecule has 1 aromatic heterocycles. The third kappa shape index (κ3) is 0.888. The van der Waals surface area contributed by atoms with Crippen LogP contribution in [-0.2, 0) is 0 Å². The highest BCUT2D eigenvalue weighted by molar-refractivity contribution is 9.10. The third-order valence-corrected chi connectivity index (χ3v) is 2.78. The van der Waals surface area contributed by atoms with Crippen molar-refractivity contribution in [2.24, 2.45) is 0 Å². The molecule has 1 aromatic rings. The molecular weight excluding hydrogens is 192 g/mol. The van der Waals surface area contributed by atoms with Crippen LogP contribution in [-0.4, -0.2) is 9.78 Å². The summed E-state index contributed by atoms with van der Waals surface area (Å²) in [4.78, 5) is 0. The summed E-state index contributed by atoms with van der Waals surface area (Å²) >= 11 is 3.49. The monoisotopic (exact) mass is 200 g/mol. The Hall–Kier alpha value is -0.310. The summed E-state index contributed by atoms with van der Waals surface area (Å²) in [7, 11) is 0. The number of aromatic nitrogens is 2. The summed E-state index contributed by atoms with van der Waals surface area (Å²) in [6.07, 6.45) is 4.49. The number of nitrogens with zero attached hydrogens (tertiary/aromatic N) is 2. The highest BCUT2D eigenvalue weighted by Crippen LogP contribution is 2.37. The second kappa shape index (κ2) is 2.09. The summed E-state index contributed by atoms with van der Waals surface area (Å²) in [5.41, 5.74) is 1.23. The number of aryl methyl sites for hydroxylation is 1. The zero-order valence-corrected chi connectivity index (χ0v) is 7.43. The molecule has 3 heteroatoms. The molecule has 54 valence electrons. The first-order chi connectivity index (χ1) is 4.79. The smallest absolute Gasteiger partial charge is 0.107 e. The van der Waals surface area contributed by atoms with Crippen LogP contribution in [0.1, 0.15) is 24.4 Å². The summed E-state index contributed by atoms with van der Waals surface area (Å²) in [5.74, 6) is 0. The van der Waals surface area contributed by atoms with E-state index >= 15 is 0 Å². The van der Waals surface area contributed by atoms with Gasteiger partial charge in [-0.3, -0.25) is 4.68 Å². The van der Waals surface area contributed by atoms with Crippen LogP contribution in [0.25, 0.3) is 0 Å². The molecule has 0 amide bonds. The lowest BCUT2D eigenvalue weighted by Crippen LogP contribution is -1.95. The van der Waals surface area contributed by atoms with E-state index in [1.54, 1.807) is 0 Å². The van der Waals surface area contributed by atoms with Gasteiger partial charge in [0.2, 0.25) is 0 Å². The Labute approximate surface area is 68.4 Å². The van der Waals surface area contributed by atoms with E-state index in [0.29, 0.717) is 6.04 Å². The van der Waals surface area contributed by atoms with Gasteiger partial charge in [0.25, 0.3) is 0 Å². The van der Waals surface area contributed by atoms with Crippen LogP contribution in [0, 0.1) is 6.92 Å². The van der Waals surface area contributed by atoms with E-state index in [0.717, 1.165) is 4.60 Å². The van der Waals surface area contributed by atoms with Crippen molar-refractivity contribution in [1.82, 2.24) is 9.78 Å². The quantitative estimate of drug-likeness (QED) is 0.681. The molecule has 0 aliphatic heterocycles. The zero-order valence-electron chi connectivity index (χ0n) is 5.84. The van der Waals surface area contributed by atoms with Crippen LogP contribution in [0.3, 0.4) is 0 Å². The fourth-order valence-electron chi connectivity index (χ4n) is 1.01. The number of halogens is 1. The van der Waals surface area contributed by atoms with Crippen LogP contribution in [0.15, 0.2) is 10.8 Å². The summed E-state index contributed by atoms with van der Waals surface area (Å²) in [6.45, 7) is 2.07. The molecule has 1 heterocycles. The Morgan fingerprint density at radius 2 is 2.40 bits per heavy atom. The first kappa shape index (κ1) is 6.40. The Morgan fingerprint density at radius 1 is 1.70 bits per heavy atom. The average Bonchev–Trinajstić information content (AvgIpc) is 2.67.